The number of rotatable bonds is 2. The molecule has 1 heterocycles. The topological polar surface area (TPSA) is 22.1 Å². The molecule has 0 bridgehead atoms. The number of halogens is 6. The van der Waals surface area contributed by atoms with Gasteiger partial charge in [0.2, 0.25) is 5.88 Å². The summed E-state index contributed by atoms with van der Waals surface area (Å²) >= 11 is 5.98. The van der Waals surface area contributed by atoms with E-state index in [1.165, 1.54) is 12.1 Å². The van der Waals surface area contributed by atoms with Gasteiger partial charge in [-0.25, -0.2) is 9.37 Å². The highest BCUT2D eigenvalue weighted by Gasteiger charge is 2.36. The van der Waals surface area contributed by atoms with Gasteiger partial charge in [0.25, 0.3) is 0 Å². The highest BCUT2D eigenvalue weighted by Crippen LogP contribution is 2.38. The Morgan fingerprint density at radius 1 is 1.05 bits per heavy atom. The third-order valence-corrected chi connectivity index (χ3v) is 3.15. The van der Waals surface area contributed by atoms with Crippen molar-refractivity contribution in [3.8, 4) is 11.6 Å². The van der Waals surface area contributed by atoms with Crippen LogP contribution in [-0.4, -0.2) is 4.98 Å². The van der Waals surface area contributed by atoms with E-state index in [9.17, 15) is 17.6 Å². The van der Waals surface area contributed by atoms with E-state index in [1.807, 2.05) is 0 Å². The van der Waals surface area contributed by atoms with Crippen LogP contribution >= 0.6 is 31.9 Å². The van der Waals surface area contributed by atoms with E-state index in [-0.39, 0.29) is 10.2 Å². The molecule has 1 aromatic heterocycles. The van der Waals surface area contributed by atoms with Gasteiger partial charge in [-0.15, -0.1) is 0 Å². The van der Waals surface area contributed by atoms with Crippen LogP contribution in [0.2, 0.25) is 0 Å². The van der Waals surface area contributed by atoms with E-state index in [1.54, 1.807) is 0 Å². The van der Waals surface area contributed by atoms with Crippen LogP contribution in [0.3, 0.4) is 0 Å². The Hall–Kier alpha value is -1.15. The molecule has 0 aliphatic carbocycles. The molecule has 0 N–H and O–H groups in total. The first-order valence-corrected chi connectivity index (χ1v) is 6.71. The lowest BCUT2D eigenvalue weighted by molar-refractivity contribution is -0.138. The molecule has 1 aromatic carbocycles. The molecule has 2 aromatic rings. The van der Waals surface area contributed by atoms with Crippen LogP contribution in [0.25, 0.3) is 0 Å². The Kier molecular flexibility index (Phi) is 4.33. The quantitative estimate of drug-likeness (QED) is 0.600. The molecule has 0 saturated carbocycles. The minimum Gasteiger partial charge on any atom is -0.435 e. The summed E-state index contributed by atoms with van der Waals surface area (Å²) in [4.78, 5) is 3.54. The third kappa shape index (κ3) is 3.49. The standard InChI is InChI=1S/C12H5Br2F4NO/c13-6-1-2-9(15)10(4-6)20-11-8(12(16,17)18)3-7(14)5-19-11/h1-5H. The summed E-state index contributed by atoms with van der Waals surface area (Å²) in [5.74, 6) is -1.84. The SMILES string of the molecule is Fc1ccc(Br)cc1Oc1ncc(Br)cc1C(F)(F)F. The van der Waals surface area contributed by atoms with E-state index in [0.29, 0.717) is 4.47 Å². The summed E-state index contributed by atoms with van der Waals surface area (Å²) in [5, 5.41) is 0. The fourth-order valence-corrected chi connectivity index (χ4v) is 2.04. The maximum atomic E-state index is 13.5. The van der Waals surface area contributed by atoms with Gasteiger partial charge in [0.15, 0.2) is 11.6 Å². The normalized spacial score (nSPS) is 11.5. The first-order chi connectivity index (χ1) is 9.27. The largest absolute Gasteiger partial charge is 0.435 e. The molecule has 0 aliphatic rings. The molecule has 20 heavy (non-hydrogen) atoms. The van der Waals surface area contributed by atoms with Gasteiger partial charge in [-0.1, -0.05) is 15.9 Å². The van der Waals surface area contributed by atoms with Crippen molar-refractivity contribution in [1.29, 1.82) is 0 Å². The number of nitrogens with zero attached hydrogens (tertiary/aromatic N) is 1. The number of alkyl halides is 3. The smallest absolute Gasteiger partial charge is 0.421 e. The summed E-state index contributed by atoms with van der Waals surface area (Å²) in [6.07, 6.45) is -3.52. The Morgan fingerprint density at radius 2 is 1.75 bits per heavy atom. The van der Waals surface area contributed by atoms with Crippen LogP contribution in [-0.2, 0) is 6.18 Å². The number of ether oxygens (including phenoxy) is 1. The lowest BCUT2D eigenvalue weighted by Gasteiger charge is -2.13. The van der Waals surface area contributed by atoms with Gasteiger partial charge >= 0.3 is 6.18 Å². The van der Waals surface area contributed by atoms with Gasteiger partial charge in [0, 0.05) is 15.1 Å². The molecule has 2 rings (SSSR count). The second-order valence-corrected chi connectivity index (χ2v) is 5.51. The van der Waals surface area contributed by atoms with Gasteiger partial charge in [-0.05, 0) is 40.2 Å². The lowest BCUT2D eigenvalue weighted by Crippen LogP contribution is -2.08. The van der Waals surface area contributed by atoms with Crippen molar-refractivity contribution in [3.05, 3.63) is 50.8 Å². The maximum Gasteiger partial charge on any atom is 0.421 e. The average molecular weight is 415 g/mol. The van der Waals surface area contributed by atoms with Crippen LogP contribution < -0.4 is 4.74 Å². The van der Waals surface area contributed by atoms with E-state index >= 15 is 0 Å². The fraction of sp³-hybridized carbons (Fsp3) is 0.0833. The van der Waals surface area contributed by atoms with Crippen molar-refractivity contribution < 1.29 is 22.3 Å². The molecule has 106 valence electrons. The Morgan fingerprint density at radius 3 is 2.40 bits per heavy atom. The van der Waals surface area contributed by atoms with Crippen molar-refractivity contribution in [2.24, 2.45) is 0 Å². The number of hydrogen-bond acceptors (Lipinski definition) is 2. The molecular formula is C12H5Br2F4NO. The molecule has 0 aliphatic heterocycles. The second kappa shape index (κ2) is 5.69. The van der Waals surface area contributed by atoms with Crippen molar-refractivity contribution in [2.75, 3.05) is 0 Å². The average Bonchev–Trinajstić information content (AvgIpc) is 2.34. The number of benzene rings is 1. The molecule has 0 fully saturated rings. The Labute approximate surface area is 128 Å². The van der Waals surface area contributed by atoms with Crippen molar-refractivity contribution in [3.63, 3.8) is 0 Å². The van der Waals surface area contributed by atoms with Crippen LogP contribution in [0, 0.1) is 5.82 Å². The minimum absolute atomic E-state index is 0.145. The molecule has 2 nitrogen and oxygen atoms in total. The summed E-state index contributed by atoms with van der Waals surface area (Å²) in [6, 6.07) is 4.52. The zero-order valence-corrected chi connectivity index (χ0v) is 12.7. The summed E-state index contributed by atoms with van der Waals surface area (Å²) in [6.45, 7) is 0. The summed E-state index contributed by atoms with van der Waals surface area (Å²) in [7, 11) is 0. The zero-order chi connectivity index (χ0) is 14.9. The number of aromatic nitrogens is 1. The monoisotopic (exact) mass is 413 g/mol. The molecule has 0 atom stereocenters. The second-order valence-electron chi connectivity index (χ2n) is 3.68. The Bertz CT molecular complexity index is 646. The minimum atomic E-state index is -4.66. The first-order valence-electron chi connectivity index (χ1n) is 5.13. The lowest BCUT2D eigenvalue weighted by atomic mass is 10.2. The van der Waals surface area contributed by atoms with Crippen molar-refractivity contribution >= 4 is 31.9 Å². The number of pyridine rings is 1. The number of hydrogen-bond donors (Lipinski definition) is 0. The molecule has 0 saturated heterocycles. The van der Waals surface area contributed by atoms with E-state index in [0.717, 1.165) is 18.3 Å². The van der Waals surface area contributed by atoms with Crippen LogP contribution in [0.15, 0.2) is 39.4 Å². The van der Waals surface area contributed by atoms with E-state index < -0.39 is 23.4 Å². The predicted octanol–water partition coefficient (Wildman–Crippen LogP) is 5.56. The van der Waals surface area contributed by atoms with Gasteiger partial charge in [0.1, 0.15) is 5.56 Å². The predicted molar refractivity (Wildman–Crippen MR) is 71.1 cm³/mol. The van der Waals surface area contributed by atoms with Gasteiger partial charge in [0.05, 0.1) is 0 Å². The van der Waals surface area contributed by atoms with Gasteiger partial charge < -0.3 is 4.74 Å². The highest BCUT2D eigenvalue weighted by molar-refractivity contribution is 9.10. The van der Waals surface area contributed by atoms with E-state index in [2.05, 4.69) is 36.8 Å². The first kappa shape index (κ1) is 15.2. The van der Waals surface area contributed by atoms with Gasteiger partial charge in [-0.3, -0.25) is 0 Å². The third-order valence-electron chi connectivity index (χ3n) is 2.22. The zero-order valence-electron chi connectivity index (χ0n) is 9.51. The fourth-order valence-electron chi connectivity index (χ4n) is 1.37. The molecule has 0 radical (unpaired) electrons. The Balaban J connectivity index is 2.46. The summed E-state index contributed by atoms with van der Waals surface area (Å²) < 4.78 is 57.7. The summed E-state index contributed by atoms with van der Waals surface area (Å²) in [5.41, 5.74) is -1.09. The van der Waals surface area contributed by atoms with Crippen molar-refractivity contribution in [2.45, 2.75) is 6.18 Å². The van der Waals surface area contributed by atoms with Crippen molar-refractivity contribution in [1.82, 2.24) is 4.98 Å². The van der Waals surface area contributed by atoms with Crippen LogP contribution in [0.4, 0.5) is 17.6 Å². The van der Waals surface area contributed by atoms with Crippen LogP contribution in [0.5, 0.6) is 11.6 Å². The van der Waals surface area contributed by atoms with Crippen LogP contribution in [0.1, 0.15) is 5.56 Å². The molecule has 0 amide bonds. The van der Waals surface area contributed by atoms with E-state index in [4.69, 9.17) is 4.74 Å². The maximum absolute atomic E-state index is 13.5. The molecule has 8 heteroatoms. The molecule has 0 spiro atoms. The highest BCUT2D eigenvalue weighted by atomic mass is 79.9. The molecule has 0 unspecified atom stereocenters. The van der Waals surface area contributed by atoms with Gasteiger partial charge in [-0.2, -0.15) is 13.2 Å². The molecular weight excluding hydrogens is 410 g/mol.